The van der Waals surface area contributed by atoms with E-state index in [0.717, 1.165) is 32.2 Å². The third-order valence-corrected chi connectivity index (χ3v) is 3.80. The van der Waals surface area contributed by atoms with Crippen LogP contribution in [0.25, 0.3) is 0 Å². The maximum Gasteiger partial charge on any atom is 0.317 e. The van der Waals surface area contributed by atoms with Crippen molar-refractivity contribution in [3.05, 3.63) is 0 Å². The topological polar surface area (TPSA) is 69.6 Å². The summed E-state index contributed by atoms with van der Waals surface area (Å²) in [6.07, 6.45) is 5.05. The summed E-state index contributed by atoms with van der Waals surface area (Å²) in [5, 5.41) is 11.4. The second-order valence-corrected chi connectivity index (χ2v) is 5.40. The Morgan fingerprint density at radius 1 is 1.47 bits per heavy atom. The van der Waals surface area contributed by atoms with Gasteiger partial charge in [-0.05, 0) is 31.6 Å². The number of carbonyl (C=O) groups excluding carboxylic acids is 1. The number of amides is 2. The second-order valence-electron chi connectivity index (χ2n) is 5.40. The number of aliphatic carboxylic acids is 1. The number of carboxylic acid groups (broad SMARTS) is 1. The van der Waals surface area contributed by atoms with E-state index < -0.39 is 5.97 Å². The summed E-state index contributed by atoms with van der Waals surface area (Å²) in [5.41, 5.74) is 0. The summed E-state index contributed by atoms with van der Waals surface area (Å²) in [5.74, 6) is -0.276. The van der Waals surface area contributed by atoms with Gasteiger partial charge in [-0.25, -0.2) is 4.79 Å². The molecule has 0 aromatic rings. The van der Waals surface area contributed by atoms with Crippen molar-refractivity contribution in [3.63, 3.8) is 0 Å². The highest BCUT2D eigenvalue weighted by atomic mass is 16.4. The van der Waals surface area contributed by atoms with Gasteiger partial charge in [-0.1, -0.05) is 20.3 Å². The number of hydrogen-bond acceptors (Lipinski definition) is 2. The molecule has 2 atom stereocenters. The molecule has 1 aliphatic heterocycles. The molecular formula is C14H26N2O3. The highest BCUT2D eigenvalue weighted by Gasteiger charge is 2.31. The standard InChI is InChI=1S/C14H26N2O3/c1-3-6-11(2)12-7-5-10-16(12)14(19)15-9-4-8-13(17)18/h11-12H,3-10H2,1-2H3,(H,15,19)(H,17,18). The van der Waals surface area contributed by atoms with Crippen molar-refractivity contribution < 1.29 is 14.7 Å². The lowest BCUT2D eigenvalue weighted by Crippen LogP contribution is -2.45. The van der Waals surface area contributed by atoms with E-state index in [1.54, 1.807) is 0 Å². The molecule has 2 amide bonds. The van der Waals surface area contributed by atoms with Crippen molar-refractivity contribution >= 4 is 12.0 Å². The monoisotopic (exact) mass is 270 g/mol. The van der Waals surface area contributed by atoms with Crippen LogP contribution in [0, 0.1) is 5.92 Å². The Labute approximate surface area is 115 Å². The van der Waals surface area contributed by atoms with Gasteiger partial charge in [-0.15, -0.1) is 0 Å². The van der Waals surface area contributed by atoms with Crippen molar-refractivity contribution in [1.82, 2.24) is 10.2 Å². The van der Waals surface area contributed by atoms with Gasteiger partial charge < -0.3 is 15.3 Å². The van der Waals surface area contributed by atoms with E-state index in [-0.39, 0.29) is 12.5 Å². The third-order valence-electron chi connectivity index (χ3n) is 3.80. The summed E-state index contributed by atoms with van der Waals surface area (Å²) >= 11 is 0. The summed E-state index contributed by atoms with van der Waals surface area (Å²) in [6, 6.07) is 0.315. The smallest absolute Gasteiger partial charge is 0.317 e. The summed E-state index contributed by atoms with van der Waals surface area (Å²) in [4.78, 5) is 24.4. The molecule has 0 aliphatic carbocycles. The summed E-state index contributed by atoms with van der Waals surface area (Å²) in [6.45, 7) is 5.64. The minimum atomic E-state index is -0.815. The van der Waals surface area contributed by atoms with Gasteiger partial charge in [0.1, 0.15) is 0 Å². The van der Waals surface area contributed by atoms with E-state index in [1.165, 1.54) is 0 Å². The number of carboxylic acids is 1. The SMILES string of the molecule is CCCC(C)C1CCCN1C(=O)NCCCC(=O)O. The highest BCUT2D eigenvalue weighted by molar-refractivity contribution is 5.75. The molecule has 1 aliphatic rings. The molecule has 0 aromatic heterocycles. The Morgan fingerprint density at radius 3 is 2.84 bits per heavy atom. The zero-order valence-corrected chi connectivity index (χ0v) is 12.0. The molecule has 0 spiro atoms. The predicted octanol–water partition coefficient (Wildman–Crippen LogP) is 2.46. The highest BCUT2D eigenvalue weighted by Crippen LogP contribution is 2.26. The number of nitrogens with one attached hydrogen (secondary N) is 1. The fraction of sp³-hybridized carbons (Fsp3) is 0.857. The molecule has 0 saturated carbocycles. The summed E-state index contributed by atoms with van der Waals surface area (Å²) in [7, 11) is 0. The van der Waals surface area contributed by atoms with Gasteiger partial charge in [0.15, 0.2) is 0 Å². The number of likely N-dealkylation sites (tertiary alicyclic amines) is 1. The van der Waals surface area contributed by atoms with Crippen molar-refractivity contribution in [2.45, 2.75) is 58.4 Å². The van der Waals surface area contributed by atoms with E-state index in [2.05, 4.69) is 19.2 Å². The minimum absolute atomic E-state index is 0.0316. The average molecular weight is 270 g/mol. The van der Waals surface area contributed by atoms with Gasteiger partial charge in [0, 0.05) is 25.6 Å². The molecule has 110 valence electrons. The second kappa shape index (κ2) is 8.02. The van der Waals surface area contributed by atoms with Crippen LogP contribution in [0.1, 0.15) is 52.4 Å². The van der Waals surface area contributed by atoms with Gasteiger partial charge >= 0.3 is 12.0 Å². The lowest BCUT2D eigenvalue weighted by molar-refractivity contribution is -0.137. The van der Waals surface area contributed by atoms with Gasteiger partial charge in [0.2, 0.25) is 0 Å². The van der Waals surface area contributed by atoms with Crippen LogP contribution in [-0.2, 0) is 4.79 Å². The summed E-state index contributed by atoms with van der Waals surface area (Å²) < 4.78 is 0. The molecule has 1 rings (SSSR count). The third kappa shape index (κ3) is 5.09. The van der Waals surface area contributed by atoms with Crippen LogP contribution in [0.2, 0.25) is 0 Å². The van der Waals surface area contributed by atoms with E-state index >= 15 is 0 Å². The van der Waals surface area contributed by atoms with Crippen LogP contribution < -0.4 is 5.32 Å². The maximum absolute atomic E-state index is 12.1. The molecule has 0 aromatic carbocycles. The van der Waals surface area contributed by atoms with Crippen molar-refractivity contribution in [1.29, 1.82) is 0 Å². The Hall–Kier alpha value is -1.26. The van der Waals surface area contributed by atoms with E-state index in [0.29, 0.717) is 24.9 Å². The molecular weight excluding hydrogens is 244 g/mol. The lowest BCUT2D eigenvalue weighted by atomic mass is 9.95. The molecule has 2 unspecified atom stereocenters. The van der Waals surface area contributed by atoms with Crippen LogP contribution in [-0.4, -0.2) is 41.1 Å². The minimum Gasteiger partial charge on any atom is -0.481 e. The van der Waals surface area contributed by atoms with E-state index in [1.807, 2.05) is 4.90 Å². The zero-order chi connectivity index (χ0) is 14.3. The number of rotatable bonds is 7. The molecule has 2 N–H and O–H groups in total. The molecule has 19 heavy (non-hydrogen) atoms. The Kier molecular flexibility index (Phi) is 6.67. The lowest BCUT2D eigenvalue weighted by Gasteiger charge is -2.29. The van der Waals surface area contributed by atoms with Crippen LogP contribution in [0.4, 0.5) is 4.79 Å². The zero-order valence-electron chi connectivity index (χ0n) is 12.0. The predicted molar refractivity (Wildman–Crippen MR) is 74.1 cm³/mol. The first-order valence-corrected chi connectivity index (χ1v) is 7.32. The van der Waals surface area contributed by atoms with E-state index in [9.17, 15) is 9.59 Å². The molecule has 1 saturated heterocycles. The first kappa shape index (κ1) is 15.8. The average Bonchev–Trinajstić information content (AvgIpc) is 2.83. The number of carbonyl (C=O) groups is 2. The van der Waals surface area contributed by atoms with Crippen LogP contribution >= 0.6 is 0 Å². The normalized spacial score (nSPS) is 20.3. The number of urea groups is 1. The van der Waals surface area contributed by atoms with Crippen molar-refractivity contribution in [2.75, 3.05) is 13.1 Å². The van der Waals surface area contributed by atoms with Crippen LogP contribution in [0.15, 0.2) is 0 Å². The Morgan fingerprint density at radius 2 is 2.21 bits per heavy atom. The molecule has 0 radical (unpaired) electrons. The van der Waals surface area contributed by atoms with Gasteiger partial charge in [-0.3, -0.25) is 4.79 Å². The van der Waals surface area contributed by atoms with Gasteiger partial charge in [0.05, 0.1) is 0 Å². The molecule has 1 heterocycles. The maximum atomic E-state index is 12.1. The largest absolute Gasteiger partial charge is 0.481 e. The van der Waals surface area contributed by atoms with Crippen LogP contribution in [0.3, 0.4) is 0 Å². The van der Waals surface area contributed by atoms with E-state index in [4.69, 9.17) is 5.11 Å². The Bertz CT molecular complexity index is 307. The van der Waals surface area contributed by atoms with Crippen molar-refractivity contribution in [3.8, 4) is 0 Å². The molecule has 1 fully saturated rings. The van der Waals surface area contributed by atoms with Crippen molar-refractivity contribution in [2.24, 2.45) is 5.92 Å². The fourth-order valence-corrected chi connectivity index (χ4v) is 2.82. The first-order chi connectivity index (χ1) is 9.06. The molecule has 5 heteroatoms. The van der Waals surface area contributed by atoms with Crippen LogP contribution in [0.5, 0.6) is 0 Å². The fourth-order valence-electron chi connectivity index (χ4n) is 2.82. The van der Waals surface area contributed by atoms with Gasteiger partial charge in [-0.2, -0.15) is 0 Å². The molecule has 0 bridgehead atoms. The number of hydrogen-bond donors (Lipinski definition) is 2. The number of nitrogens with zero attached hydrogens (tertiary/aromatic N) is 1. The van der Waals surface area contributed by atoms with Gasteiger partial charge in [0.25, 0.3) is 0 Å². The quantitative estimate of drug-likeness (QED) is 0.698. The first-order valence-electron chi connectivity index (χ1n) is 7.32. The molecule has 5 nitrogen and oxygen atoms in total. The Balaban J connectivity index is 2.35.